The summed E-state index contributed by atoms with van der Waals surface area (Å²) in [5, 5.41) is 3.66. The molecule has 3 rings (SSSR count). The number of esters is 1. The summed E-state index contributed by atoms with van der Waals surface area (Å²) in [7, 11) is 5.81. The van der Waals surface area contributed by atoms with Gasteiger partial charge in [0.25, 0.3) is 0 Å². The molecule has 0 saturated heterocycles. The summed E-state index contributed by atoms with van der Waals surface area (Å²) in [5.74, 6) is 0.443. The van der Waals surface area contributed by atoms with Gasteiger partial charge in [0.1, 0.15) is 23.1 Å². The molecule has 0 spiro atoms. The molecule has 0 saturated carbocycles. The molecule has 0 aliphatic rings. The lowest BCUT2D eigenvalue weighted by Gasteiger charge is -2.12. The van der Waals surface area contributed by atoms with E-state index in [-0.39, 0.29) is 23.8 Å². The Balaban J connectivity index is 1.77. The number of rotatable bonds is 10. The van der Waals surface area contributed by atoms with Crippen LogP contribution in [0.2, 0.25) is 0 Å². The third kappa shape index (κ3) is 5.20. The Kier molecular flexibility index (Phi) is 7.72. The normalized spacial score (nSPS) is 10.4. The van der Waals surface area contributed by atoms with Gasteiger partial charge in [0.05, 0.1) is 28.4 Å². The van der Waals surface area contributed by atoms with Gasteiger partial charge in [-0.3, -0.25) is 0 Å². The van der Waals surface area contributed by atoms with Crippen molar-refractivity contribution in [1.82, 2.24) is 4.37 Å². The molecule has 0 aliphatic carbocycles. The first-order valence-electron chi connectivity index (χ1n) is 9.48. The lowest BCUT2D eigenvalue weighted by atomic mass is 10.2. The average Bonchev–Trinajstić information content (AvgIpc) is 3.23. The number of hydrogen-bond donors (Lipinski definition) is 1. The molecule has 1 heterocycles. The summed E-state index contributed by atoms with van der Waals surface area (Å²) in [6.07, 6.45) is 0. The van der Waals surface area contributed by atoms with Gasteiger partial charge in [-0.15, -0.1) is 0 Å². The highest BCUT2D eigenvalue weighted by Crippen LogP contribution is 2.33. The minimum atomic E-state index is -0.598. The van der Waals surface area contributed by atoms with Crippen molar-refractivity contribution in [3.05, 3.63) is 58.9 Å². The molecule has 0 aliphatic heterocycles. The van der Waals surface area contributed by atoms with Gasteiger partial charge >= 0.3 is 5.97 Å². The maximum Gasteiger partial charge on any atom is 0.346 e. The van der Waals surface area contributed by atoms with Crippen LogP contribution in [0.5, 0.6) is 23.1 Å². The highest BCUT2D eigenvalue weighted by atomic mass is 32.1. The second-order valence-electron chi connectivity index (χ2n) is 6.47. The number of anilines is 1. The molecule has 170 valence electrons. The van der Waals surface area contributed by atoms with Crippen molar-refractivity contribution in [2.24, 2.45) is 0 Å². The lowest BCUT2D eigenvalue weighted by molar-refractivity contribution is 0.0596. The zero-order chi connectivity index (χ0) is 23.1. The molecule has 0 radical (unpaired) electrons. The predicted molar refractivity (Wildman–Crippen MR) is 118 cm³/mol. The zero-order valence-electron chi connectivity index (χ0n) is 18.1. The minimum absolute atomic E-state index is 0.0143. The third-order valence-corrected chi connectivity index (χ3v) is 5.36. The van der Waals surface area contributed by atoms with Crippen molar-refractivity contribution in [1.29, 1.82) is 0 Å². The fourth-order valence-electron chi connectivity index (χ4n) is 2.90. The first kappa shape index (κ1) is 23.1. The molecular formula is C22H23FN2O6S. The van der Waals surface area contributed by atoms with Gasteiger partial charge in [-0.25, -0.2) is 9.18 Å². The molecule has 2 aromatic carbocycles. The number of ether oxygens (including phenoxy) is 5. The number of halogens is 1. The van der Waals surface area contributed by atoms with Crippen LogP contribution in [0.4, 0.5) is 9.39 Å². The largest absolute Gasteiger partial charge is 0.497 e. The predicted octanol–water partition coefficient (Wildman–Crippen LogP) is 4.29. The van der Waals surface area contributed by atoms with Crippen LogP contribution in [0.25, 0.3) is 0 Å². The monoisotopic (exact) mass is 462 g/mol. The standard InChI is InChI=1S/C22H23FN2O6S/c1-27-15-7-6-14(18(10-15)29-3)11-24-21-19(22(26)30-4)20(25-32-21)31-12-13-5-8-17(28-2)16(23)9-13/h5-10,24H,11-12H2,1-4H3. The average molecular weight is 462 g/mol. The molecule has 0 fully saturated rings. The summed E-state index contributed by atoms with van der Waals surface area (Å²) >= 11 is 1.06. The van der Waals surface area contributed by atoms with Gasteiger partial charge in [-0.2, -0.15) is 4.37 Å². The quantitative estimate of drug-likeness (QED) is 0.447. The number of nitrogens with zero attached hydrogens (tertiary/aromatic N) is 1. The third-order valence-electron chi connectivity index (χ3n) is 4.58. The van der Waals surface area contributed by atoms with E-state index in [4.69, 9.17) is 23.7 Å². The van der Waals surface area contributed by atoms with Crippen molar-refractivity contribution in [3.8, 4) is 23.1 Å². The lowest BCUT2D eigenvalue weighted by Crippen LogP contribution is -2.09. The zero-order valence-corrected chi connectivity index (χ0v) is 18.9. The Morgan fingerprint density at radius 3 is 2.47 bits per heavy atom. The Hall–Kier alpha value is -3.53. The number of hydrogen-bond acceptors (Lipinski definition) is 9. The fraction of sp³-hybridized carbons (Fsp3) is 0.273. The molecule has 1 N–H and O–H groups in total. The van der Waals surface area contributed by atoms with Crippen LogP contribution in [0.15, 0.2) is 36.4 Å². The van der Waals surface area contributed by atoms with E-state index in [1.165, 1.54) is 26.4 Å². The summed E-state index contributed by atoms with van der Waals surface area (Å²) in [5.41, 5.74) is 1.58. The van der Waals surface area contributed by atoms with Crippen LogP contribution in [0, 0.1) is 5.82 Å². The van der Waals surface area contributed by atoms with Crippen molar-refractivity contribution < 1.29 is 32.9 Å². The summed E-state index contributed by atoms with van der Waals surface area (Å²) < 4.78 is 44.3. The van der Waals surface area contributed by atoms with Crippen molar-refractivity contribution in [3.63, 3.8) is 0 Å². The van der Waals surface area contributed by atoms with Crippen molar-refractivity contribution >= 4 is 22.5 Å². The molecule has 0 bridgehead atoms. The van der Waals surface area contributed by atoms with E-state index in [2.05, 4.69) is 9.69 Å². The van der Waals surface area contributed by atoms with Crippen LogP contribution in [0.1, 0.15) is 21.5 Å². The molecule has 0 unspecified atom stereocenters. The van der Waals surface area contributed by atoms with Crippen LogP contribution in [0.3, 0.4) is 0 Å². The van der Waals surface area contributed by atoms with Crippen LogP contribution in [-0.2, 0) is 17.9 Å². The first-order chi connectivity index (χ1) is 15.5. The van der Waals surface area contributed by atoms with Gasteiger partial charge in [0, 0.05) is 18.2 Å². The highest BCUT2D eigenvalue weighted by molar-refractivity contribution is 7.10. The fourth-order valence-corrected chi connectivity index (χ4v) is 3.62. The van der Waals surface area contributed by atoms with E-state index in [0.29, 0.717) is 28.6 Å². The van der Waals surface area contributed by atoms with Gasteiger partial charge in [-0.1, -0.05) is 6.07 Å². The summed E-state index contributed by atoms with van der Waals surface area (Å²) in [6, 6.07) is 9.92. The summed E-state index contributed by atoms with van der Waals surface area (Å²) in [6.45, 7) is 0.378. The van der Waals surface area contributed by atoms with E-state index < -0.39 is 11.8 Å². The van der Waals surface area contributed by atoms with Gasteiger partial charge in [0.2, 0.25) is 5.88 Å². The van der Waals surface area contributed by atoms with Crippen LogP contribution < -0.4 is 24.3 Å². The molecular weight excluding hydrogens is 439 g/mol. The Morgan fingerprint density at radius 1 is 1.03 bits per heavy atom. The number of nitrogens with one attached hydrogen (secondary N) is 1. The van der Waals surface area contributed by atoms with E-state index in [0.717, 1.165) is 17.1 Å². The summed E-state index contributed by atoms with van der Waals surface area (Å²) in [4.78, 5) is 12.4. The van der Waals surface area contributed by atoms with E-state index >= 15 is 0 Å². The first-order valence-corrected chi connectivity index (χ1v) is 10.3. The van der Waals surface area contributed by atoms with Crippen molar-refractivity contribution in [2.75, 3.05) is 33.8 Å². The maximum atomic E-state index is 13.9. The number of benzene rings is 2. The Labute approximate surface area is 189 Å². The van der Waals surface area contributed by atoms with Gasteiger partial charge in [-0.05, 0) is 41.4 Å². The molecule has 0 amide bonds. The number of methoxy groups -OCH3 is 4. The maximum absolute atomic E-state index is 13.9. The second-order valence-corrected chi connectivity index (χ2v) is 7.25. The van der Waals surface area contributed by atoms with Gasteiger partial charge in [0.15, 0.2) is 17.1 Å². The minimum Gasteiger partial charge on any atom is -0.497 e. The second kappa shape index (κ2) is 10.7. The smallest absolute Gasteiger partial charge is 0.346 e. The topological polar surface area (TPSA) is 88.1 Å². The van der Waals surface area contributed by atoms with E-state index in [1.54, 1.807) is 26.4 Å². The Morgan fingerprint density at radius 2 is 1.81 bits per heavy atom. The SMILES string of the molecule is COC(=O)c1c(OCc2ccc(OC)c(F)c2)nsc1NCc1ccc(OC)cc1OC. The number of aromatic nitrogens is 1. The van der Waals surface area contributed by atoms with Crippen LogP contribution >= 0.6 is 11.5 Å². The molecule has 8 nitrogen and oxygen atoms in total. The number of carbonyl (C=O) groups is 1. The van der Waals surface area contributed by atoms with E-state index in [1.807, 2.05) is 12.1 Å². The molecule has 0 atom stereocenters. The number of carbonyl (C=O) groups excluding carboxylic acids is 1. The van der Waals surface area contributed by atoms with Gasteiger partial charge < -0.3 is 29.0 Å². The van der Waals surface area contributed by atoms with Crippen LogP contribution in [-0.4, -0.2) is 38.8 Å². The molecule has 10 heteroatoms. The highest BCUT2D eigenvalue weighted by Gasteiger charge is 2.23. The van der Waals surface area contributed by atoms with E-state index in [9.17, 15) is 9.18 Å². The molecule has 32 heavy (non-hydrogen) atoms. The van der Waals surface area contributed by atoms with Crippen molar-refractivity contribution in [2.45, 2.75) is 13.2 Å². The molecule has 1 aromatic heterocycles. The molecule has 3 aromatic rings. The Bertz CT molecular complexity index is 1090.